The van der Waals surface area contributed by atoms with Gasteiger partial charge in [0.2, 0.25) is 0 Å². The number of benzene rings is 3. The number of carbonyl (C=O) groups excluding carboxylic acids is 2. The van der Waals surface area contributed by atoms with Crippen molar-refractivity contribution in [2.75, 3.05) is 0 Å². The first kappa shape index (κ1) is 37.3. The van der Waals surface area contributed by atoms with Gasteiger partial charge in [-0.05, 0) is 116 Å². The number of ketones is 2. The first-order valence-electron chi connectivity index (χ1n) is 17.5. The van der Waals surface area contributed by atoms with E-state index in [-0.39, 0.29) is 33.5 Å². The number of rotatable bonds is 1. The van der Waals surface area contributed by atoms with E-state index in [0.717, 1.165) is 28.4 Å². The zero-order valence-corrected chi connectivity index (χ0v) is 33.7. The lowest BCUT2D eigenvalue weighted by atomic mass is 9.75. The Balaban J connectivity index is 0.000000248. The molecule has 0 aromatic heterocycles. The molecule has 0 spiro atoms. The summed E-state index contributed by atoms with van der Waals surface area (Å²) >= 11 is 3.68. The van der Waals surface area contributed by atoms with E-state index in [1.165, 1.54) is 55.6 Å². The summed E-state index contributed by atoms with van der Waals surface area (Å²) < 4.78 is 1.14. The van der Waals surface area contributed by atoms with Crippen molar-refractivity contribution in [1.29, 1.82) is 0 Å². The van der Waals surface area contributed by atoms with Crippen LogP contribution in [0.2, 0.25) is 0 Å². The molecule has 0 N–H and O–H groups in total. The van der Waals surface area contributed by atoms with Crippen LogP contribution in [-0.2, 0) is 34.5 Å². The van der Waals surface area contributed by atoms with Crippen LogP contribution in [0.15, 0.2) is 34.8 Å². The van der Waals surface area contributed by atoms with Gasteiger partial charge in [0.1, 0.15) is 0 Å². The third kappa shape index (κ3) is 7.26. The summed E-state index contributed by atoms with van der Waals surface area (Å²) in [5.41, 5.74) is 15.0. The fourth-order valence-electron chi connectivity index (χ4n) is 7.40. The highest BCUT2D eigenvalue weighted by Gasteiger charge is 2.35. The zero-order valence-electron chi connectivity index (χ0n) is 32.2. The molecular weight excluding hydrogens is 640 g/mol. The summed E-state index contributed by atoms with van der Waals surface area (Å²) in [5, 5.41) is 0. The topological polar surface area (TPSA) is 34.1 Å². The fraction of sp³-hybridized carbons (Fsp3) is 0.545. The Bertz CT molecular complexity index is 1710. The highest BCUT2D eigenvalue weighted by Crippen LogP contribution is 2.44. The second-order valence-electron chi connectivity index (χ2n) is 18.6. The highest BCUT2D eigenvalue weighted by molar-refractivity contribution is 9.10. The van der Waals surface area contributed by atoms with Gasteiger partial charge in [0.15, 0.2) is 11.6 Å². The van der Waals surface area contributed by atoms with Crippen molar-refractivity contribution in [3.8, 4) is 11.1 Å². The van der Waals surface area contributed by atoms with Crippen molar-refractivity contribution < 1.29 is 9.59 Å². The van der Waals surface area contributed by atoms with Gasteiger partial charge >= 0.3 is 0 Å². The molecule has 0 fully saturated rings. The molecule has 47 heavy (non-hydrogen) atoms. The molecule has 0 radical (unpaired) electrons. The van der Waals surface area contributed by atoms with E-state index in [9.17, 15) is 9.59 Å². The summed E-state index contributed by atoms with van der Waals surface area (Å²) in [4.78, 5) is 25.1. The van der Waals surface area contributed by atoms with Gasteiger partial charge in [-0.15, -0.1) is 0 Å². The smallest absolute Gasteiger partial charge is 0.166 e. The Morgan fingerprint density at radius 1 is 0.553 bits per heavy atom. The van der Waals surface area contributed by atoms with Gasteiger partial charge in [-0.3, -0.25) is 9.59 Å². The molecule has 0 amide bonds. The monoisotopic (exact) mass is 698 g/mol. The Hall–Kier alpha value is -2.52. The Kier molecular flexibility index (Phi) is 9.86. The molecule has 0 aliphatic heterocycles. The van der Waals surface area contributed by atoms with Crippen molar-refractivity contribution in [2.45, 2.75) is 145 Å². The molecule has 3 heteroatoms. The third-order valence-electron chi connectivity index (χ3n) is 10.3. The lowest BCUT2D eigenvalue weighted by Crippen LogP contribution is -2.18. The minimum atomic E-state index is -0.00549. The van der Waals surface area contributed by atoms with Gasteiger partial charge in [0.25, 0.3) is 0 Å². The lowest BCUT2D eigenvalue weighted by molar-refractivity contribution is 0.0939. The maximum Gasteiger partial charge on any atom is 0.166 e. The number of Topliss-reactive ketones (excluding diaryl/α,β-unsaturated/α-hetero) is 2. The van der Waals surface area contributed by atoms with E-state index < -0.39 is 0 Å². The first-order chi connectivity index (χ1) is 21.2. The Morgan fingerprint density at radius 2 is 0.936 bits per heavy atom. The van der Waals surface area contributed by atoms with Gasteiger partial charge in [-0.2, -0.15) is 0 Å². The molecular formula is C44H59BrO2. The van der Waals surface area contributed by atoms with E-state index in [1.54, 1.807) is 0 Å². The van der Waals surface area contributed by atoms with E-state index in [2.05, 4.69) is 150 Å². The van der Waals surface area contributed by atoms with Crippen molar-refractivity contribution in [3.05, 3.63) is 90.4 Å². The third-order valence-corrected chi connectivity index (χ3v) is 11.4. The number of fused-ring (bicyclic) bond motifs is 2. The van der Waals surface area contributed by atoms with Crippen LogP contribution < -0.4 is 0 Å². The van der Waals surface area contributed by atoms with Gasteiger partial charge in [-0.1, -0.05) is 131 Å². The predicted molar refractivity (Wildman–Crippen MR) is 205 cm³/mol. The second kappa shape index (κ2) is 12.4. The second-order valence-corrected chi connectivity index (χ2v) is 19.4. The summed E-state index contributed by atoms with van der Waals surface area (Å²) in [6, 6.07) is 11.4. The van der Waals surface area contributed by atoms with E-state index in [1.807, 2.05) is 6.92 Å². The van der Waals surface area contributed by atoms with E-state index in [0.29, 0.717) is 11.6 Å². The van der Waals surface area contributed by atoms with Crippen LogP contribution in [0.25, 0.3) is 11.1 Å². The standard InChI is InChI=1S/C29H40O.C15H19BrO/c1-17-12-22-23(26(17)30)16-24(29(9,10)11)18(2)25(22)19-13-20(27(3,4)5)15-21(14-19)28(6,7)8;1-8-6-10-11(14(8)17)7-12(15(3,4)5)9(2)13(10)16/h13-17H,12H2,1-11H3;7-8H,6H2,1-5H3. The van der Waals surface area contributed by atoms with Crippen LogP contribution in [0, 0.1) is 25.7 Å². The Labute approximate surface area is 294 Å². The van der Waals surface area contributed by atoms with E-state index >= 15 is 0 Å². The molecule has 2 unspecified atom stereocenters. The largest absolute Gasteiger partial charge is 0.294 e. The van der Waals surface area contributed by atoms with Crippen molar-refractivity contribution in [3.63, 3.8) is 0 Å². The van der Waals surface area contributed by atoms with E-state index in [4.69, 9.17) is 0 Å². The Morgan fingerprint density at radius 3 is 1.34 bits per heavy atom. The minimum Gasteiger partial charge on any atom is -0.294 e. The molecule has 2 aliphatic carbocycles. The molecule has 2 nitrogen and oxygen atoms in total. The molecule has 0 heterocycles. The normalized spacial score (nSPS) is 18.2. The summed E-state index contributed by atoms with van der Waals surface area (Å²) in [6.45, 7) is 35.5. The quantitative estimate of drug-likeness (QED) is 0.253. The minimum absolute atomic E-state index is 0.00549. The average Bonchev–Trinajstić information content (AvgIpc) is 3.37. The SMILES string of the molecule is Cc1c(C(C)(C)C)cc2c(c1-c1cc(C(C)(C)C)cc(C(C)(C)C)c1)CC(C)C2=O.Cc1c(C(C)(C)C)cc2c(c1Br)CC(C)C2=O. The van der Waals surface area contributed by atoms with Crippen molar-refractivity contribution >= 4 is 27.5 Å². The molecule has 0 saturated carbocycles. The zero-order chi connectivity index (χ0) is 35.8. The molecule has 3 aromatic rings. The van der Waals surface area contributed by atoms with Crippen LogP contribution in [-0.4, -0.2) is 11.6 Å². The maximum absolute atomic E-state index is 13.0. The van der Waals surface area contributed by atoms with Crippen LogP contribution in [0.1, 0.15) is 162 Å². The van der Waals surface area contributed by atoms with Gasteiger partial charge in [0, 0.05) is 27.4 Å². The fourth-order valence-corrected chi connectivity index (χ4v) is 7.99. The molecule has 2 aliphatic rings. The number of hydrogen-bond donors (Lipinski definition) is 0. The molecule has 2 atom stereocenters. The van der Waals surface area contributed by atoms with Crippen LogP contribution >= 0.6 is 15.9 Å². The first-order valence-corrected chi connectivity index (χ1v) is 18.3. The molecule has 5 rings (SSSR count). The number of carbonyl (C=O) groups is 2. The average molecular weight is 700 g/mol. The van der Waals surface area contributed by atoms with Crippen molar-refractivity contribution in [1.82, 2.24) is 0 Å². The summed E-state index contributed by atoms with van der Waals surface area (Å²) in [5.74, 6) is 0.808. The van der Waals surface area contributed by atoms with Crippen molar-refractivity contribution in [2.24, 2.45) is 11.8 Å². The predicted octanol–water partition coefficient (Wildman–Crippen LogP) is 12.4. The molecule has 0 bridgehead atoms. The number of halogens is 1. The van der Waals surface area contributed by atoms with Crippen LogP contribution in [0.4, 0.5) is 0 Å². The van der Waals surface area contributed by atoms with Gasteiger partial charge in [0.05, 0.1) is 0 Å². The lowest BCUT2D eigenvalue weighted by Gasteiger charge is -2.29. The maximum atomic E-state index is 13.0. The number of hydrogen-bond acceptors (Lipinski definition) is 2. The van der Waals surface area contributed by atoms with Gasteiger partial charge in [-0.25, -0.2) is 0 Å². The molecule has 0 saturated heterocycles. The van der Waals surface area contributed by atoms with Crippen LogP contribution in [0.3, 0.4) is 0 Å². The molecule has 254 valence electrons. The summed E-state index contributed by atoms with van der Waals surface area (Å²) in [6.07, 6.45) is 1.72. The summed E-state index contributed by atoms with van der Waals surface area (Å²) in [7, 11) is 0. The van der Waals surface area contributed by atoms with Gasteiger partial charge < -0.3 is 0 Å². The molecule has 3 aromatic carbocycles. The highest BCUT2D eigenvalue weighted by atomic mass is 79.9. The van der Waals surface area contributed by atoms with Crippen LogP contribution in [0.5, 0.6) is 0 Å².